The molecule has 0 aliphatic carbocycles. The molecule has 3 atom stereocenters. The summed E-state index contributed by atoms with van der Waals surface area (Å²) in [7, 11) is 2.50. The minimum absolute atomic E-state index is 0.0667. The lowest BCUT2D eigenvalue weighted by Crippen LogP contribution is -2.36. The zero-order valence-electron chi connectivity index (χ0n) is 11.4. The molecule has 0 aliphatic heterocycles. The maximum absolute atomic E-state index is 2.49. The average molecular weight is 256 g/mol. The highest BCUT2D eigenvalue weighted by Gasteiger charge is 2.24. The quantitative estimate of drug-likeness (QED) is 0.572. The number of hydrogen-bond donors (Lipinski definition) is 0. The standard InChI is InChI=1S/C12H27Si3/c1-7-10(4)13-14-15(11(5)8-2)12(6)9-3/h10-12H,7-9H2,1-6H3. The molecule has 0 amide bonds. The molecule has 0 spiro atoms. The normalized spacial score (nSPS) is 17.8. The van der Waals surface area contributed by atoms with E-state index in [-0.39, 0.29) is 8.31 Å². The number of rotatable bonds is 8. The summed E-state index contributed by atoms with van der Waals surface area (Å²) in [5.41, 5.74) is 3.04. The van der Waals surface area contributed by atoms with Crippen molar-refractivity contribution in [2.75, 3.05) is 0 Å². The summed E-state index contributed by atoms with van der Waals surface area (Å²) in [6, 6.07) is 0. The molecule has 0 bridgehead atoms. The Balaban J connectivity index is 4.12. The summed E-state index contributed by atoms with van der Waals surface area (Å²) in [5, 5.41) is 0. The van der Waals surface area contributed by atoms with Crippen LogP contribution >= 0.6 is 0 Å². The molecule has 0 aliphatic rings. The fourth-order valence-corrected chi connectivity index (χ4v) is 17.1. The summed E-state index contributed by atoms with van der Waals surface area (Å²) < 4.78 is 0. The van der Waals surface area contributed by atoms with Crippen LogP contribution in [0.1, 0.15) is 60.8 Å². The zero-order chi connectivity index (χ0) is 11.8. The average Bonchev–Trinajstić information content (AvgIpc) is 2.27. The third-order valence-corrected chi connectivity index (χ3v) is 17.3. The first-order valence-electron chi connectivity index (χ1n) is 6.44. The van der Waals surface area contributed by atoms with Crippen molar-refractivity contribution in [1.82, 2.24) is 0 Å². The Labute approximate surface area is 103 Å². The summed E-state index contributed by atoms with van der Waals surface area (Å²) in [6.07, 6.45) is 4.18. The zero-order valence-corrected chi connectivity index (χ0v) is 14.4. The van der Waals surface area contributed by atoms with Crippen LogP contribution in [0.5, 0.6) is 0 Å². The molecule has 87 valence electrons. The van der Waals surface area contributed by atoms with E-state index in [9.17, 15) is 0 Å². The third kappa shape index (κ3) is 6.07. The molecule has 0 aromatic rings. The monoisotopic (exact) mass is 255 g/mol. The fourth-order valence-electron chi connectivity index (χ4n) is 1.48. The van der Waals surface area contributed by atoms with E-state index < -0.39 is 0 Å². The van der Waals surface area contributed by atoms with Gasteiger partial charge in [0, 0.05) is 25.9 Å². The van der Waals surface area contributed by atoms with E-state index in [0.717, 1.165) is 16.6 Å². The summed E-state index contributed by atoms with van der Waals surface area (Å²) in [5.74, 6) is 0. The first-order valence-corrected chi connectivity index (χ1v) is 12.2. The molecule has 5 radical (unpaired) electrons. The van der Waals surface area contributed by atoms with Crippen LogP contribution in [0.15, 0.2) is 0 Å². The van der Waals surface area contributed by atoms with Crippen molar-refractivity contribution in [3.63, 3.8) is 0 Å². The van der Waals surface area contributed by atoms with Gasteiger partial charge < -0.3 is 0 Å². The van der Waals surface area contributed by atoms with Crippen LogP contribution in [0, 0.1) is 0 Å². The van der Waals surface area contributed by atoms with Crippen molar-refractivity contribution in [1.29, 1.82) is 0 Å². The molecule has 0 fully saturated rings. The van der Waals surface area contributed by atoms with Crippen molar-refractivity contribution >= 4 is 25.9 Å². The van der Waals surface area contributed by atoms with Gasteiger partial charge in [-0.2, -0.15) is 0 Å². The summed E-state index contributed by atoms with van der Waals surface area (Å²) in [4.78, 5) is 0. The Bertz CT molecular complexity index is 140. The van der Waals surface area contributed by atoms with Crippen LogP contribution < -0.4 is 0 Å². The van der Waals surface area contributed by atoms with Crippen LogP contribution in [0.2, 0.25) is 16.6 Å². The highest BCUT2D eigenvalue weighted by molar-refractivity contribution is 7.36. The van der Waals surface area contributed by atoms with Crippen LogP contribution in [0.25, 0.3) is 0 Å². The molecule has 0 rings (SSSR count). The van der Waals surface area contributed by atoms with Gasteiger partial charge in [-0.1, -0.05) is 77.4 Å². The molecule has 0 aromatic carbocycles. The van der Waals surface area contributed by atoms with Crippen molar-refractivity contribution < 1.29 is 0 Å². The Morgan fingerprint density at radius 2 is 1.33 bits per heavy atom. The third-order valence-electron chi connectivity index (χ3n) is 3.36. The van der Waals surface area contributed by atoms with Gasteiger partial charge in [-0.3, -0.25) is 0 Å². The van der Waals surface area contributed by atoms with E-state index in [0.29, 0.717) is 0 Å². The van der Waals surface area contributed by atoms with Crippen molar-refractivity contribution in [2.24, 2.45) is 0 Å². The smallest absolute Gasteiger partial charge is 0.0366 e. The minimum atomic E-state index is -0.0667. The van der Waals surface area contributed by atoms with E-state index in [1.54, 1.807) is 0 Å². The Kier molecular flexibility index (Phi) is 9.14. The lowest BCUT2D eigenvalue weighted by molar-refractivity contribution is 0.796. The fraction of sp³-hybridized carbons (Fsp3) is 1.00. The van der Waals surface area contributed by atoms with E-state index >= 15 is 0 Å². The van der Waals surface area contributed by atoms with Crippen molar-refractivity contribution in [3.8, 4) is 0 Å². The predicted octanol–water partition coefficient (Wildman–Crippen LogP) is 4.12. The van der Waals surface area contributed by atoms with Gasteiger partial charge in [-0.25, -0.2) is 0 Å². The van der Waals surface area contributed by atoms with Gasteiger partial charge in [-0.15, -0.1) is 0 Å². The predicted molar refractivity (Wildman–Crippen MR) is 76.4 cm³/mol. The van der Waals surface area contributed by atoms with E-state index in [2.05, 4.69) is 41.5 Å². The highest BCUT2D eigenvalue weighted by atomic mass is 29.5. The van der Waals surface area contributed by atoms with Crippen LogP contribution in [0.3, 0.4) is 0 Å². The molecule has 0 nitrogen and oxygen atoms in total. The van der Waals surface area contributed by atoms with Gasteiger partial charge in [0.2, 0.25) is 0 Å². The van der Waals surface area contributed by atoms with Crippen molar-refractivity contribution in [3.05, 3.63) is 0 Å². The van der Waals surface area contributed by atoms with E-state index in [4.69, 9.17) is 0 Å². The van der Waals surface area contributed by atoms with Crippen LogP contribution in [-0.4, -0.2) is 25.9 Å². The second kappa shape index (κ2) is 8.76. The van der Waals surface area contributed by atoms with E-state index in [1.807, 2.05) is 0 Å². The SMILES string of the molecule is CCC(C)[Si][Si][Si](C(C)CC)C(C)CC. The maximum atomic E-state index is 2.49. The Hall–Kier alpha value is 0.651. The first kappa shape index (κ1) is 15.7. The van der Waals surface area contributed by atoms with Crippen molar-refractivity contribution in [2.45, 2.75) is 77.4 Å². The Morgan fingerprint density at radius 1 is 0.867 bits per heavy atom. The second-order valence-corrected chi connectivity index (χ2v) is 14.7. The lowest BCUT2D eigenvalue weighted by Gasteiger charge is -2.27. The lowest BCUT2D eigenvalue weighted by atomic mass is 10.4. The van der Waals surface area contributed by atoms with Crippen LogP contribution in [0.4, 0.5) is 0 Å². The topological polar surface area (TPSA) is 0 Å². The van der Waals surface area contributed by atoms with E-state index in [1.165, 1.54) is 36.9 Å². The highest BCUT2D eigenvalue weighted by Crippen LogP contribution is 2.25. The summed E-state index contributed by atoms with van der Waals surface area (Å²) >= 11 is 0. The largest absolute Gasteiger partial charge is 0.0656 e. The number of hydrogen-bond acceptors (Lipinski definition) is 0. The van der Waals surface area contributed by atoms with Gasteiger partial charge in [-0.05, 0) is 0 Å². The molecule has 0 heterocycles. The first-order chi connectivity index (χ1) is 7.06. The molecule has 0 N–H and O–H groups in total. The Morgan fingerprint density at radius 3 is 1.67 bits per heavy atom. The van der Waals surface area contributed by atoms with Crippen LogP contribution in [-0.2, 0) is 0 Å². The van der Waals surface area contributed by atoms with Gasteiger partial charge in [0.25, 0.3) is 0 Å². The molecule has 15 heavy (non-hydrogen) atoms. The molecular weight excluding hydrogens is 228 g/mol. The van der Waals surface area contributed by atoms with Gasteiger partial charge in [0.15, 0.2) is 0 Å². The van der Waals surface area contributed by atoms with Gasteiger partial charge >= 0.3 is 0 Å². The summed E-state index contributed by atoms with van der Waals surface area (Å²) in [6.45, 7) is 14.5. The maximum Gasteiger partial charge on any atom is 0.0366 e. The molecule has 3 unspecified atom stereocenters. The molecule has 0 saturated carbocycles. The van der Waals surface area contributed by atoms with Gasteiger partial charge in [0.05, 0.1) is 0 Å². The molecular formula is C12H27Si3. The molecule has 3 heteroatoms. The van der Waals surface area contributed by atoms with Gasteiger partial charge in [0.1, 0.15) is 0 Å². The molecule has 0 aromatic heterocycles. The second-order valence-electron chi connectivity index (χ2n) is 4.65. The minimum Gasteiger partial charge on any atom is -0.0656 e. The molecule has 0 saturated heterocycles.